The van der Waals surface area contributed by atoms with Crippen LogP contribution in [-0.4, -0.2) is 25.3 Å². The molecule has 0 saturated carbocycles. The van der Waals surface area contributed by atoms with E-state index in [-0.39, 0.29) is 6.04 Å². The summed E-state index contributed by atoms with van der Waals surface area (Å²) in [5.41, 5.74) is 4.23. The number of benzene rings is 1. The van der Waals surface area contributed by atoms with Gasteiger partial charge >= 0.3 is 0 Å². The minimum absolute atomic E-state index is 0.107. The highest BCUT2D eigenvalue weighted by atomic mass is 32.2. The van der Waals surface area contributed by atoms with E-state index in [1.807, 2.05) is 33.8 Å². The van der Waals surface area contributed by atoms with Crippen molar-refractivity contribution >= 4 is 10.0 Å². The van der Waals surface area contributed by atoms with E-state index in [9.17, 15) is 8.42 Å². The van der Waals surface area contributed by atoms with Gasteiger partial charge in [0, 0.05) is 12.6 Å². The van der Waals surface area contributed by atoms with Crippen molar-refractivity contribution in [3.63, 3.8) is 0 Å². The summed E-state index contributed by atoms with van der Waals surface area (Å²) in [6.07, 6.45) is 3.05. The first-order valence-corrected chi connectivity index (χ1v) is 8.80. The third-order valence-corrected chi connectivity index (χ3v) is 6.90. The van der Waals surface area contributed by atoms with Crippen LogP contribution in [0.3, 0.4) is 0 Å². The molecule has 20 heavy (non-hydrogen) atoms. The van der Waals surface area contributed by atoms with Crippen LogP contribution >= 0.6 is 0 Å². The van der Waals surface area contributed by atoms with E-state index in [0.717, 1.165) is 36.0 Å². The van der Waals surface area contributed by atoms with Crippen molar-refractivity contribution in [1.82, 2.24) is 4.31 Å². The molecule has 0 N–H and O–H groups in total. The zero-order valence-corrected chi connectivity index (χ0v) is 14.0. The molecule has 3 nitrogen and oxygen atoms in total. The second-order valence-electron chi connectivity index (χ2n) is 6.03. The zero-order valence-electron chi connectivity index (χ0n) is 13.2. The monoisotopic (exact) mass is 295 g/mol. The van der Waals surface area contributed by atoms with Crippen LogP contribution < -0.4 is 0 Å². The molecule has 4 heteroatoms. The van der Waals surface area contributed by atoms with E-state index < -0.39 is 10.0 Å². The van der Waals surface area contributed by atoms with Gasteiger partial charge in [0.15, 0.2) is 0 Å². The predicted molar refractivity (Wildman–Crippen MR) is 82.6 cm³/mol. The van der Waals surface area contributed by atoms with Crippen molar-refractivity contribution in [2.24, 2.45) is 0 Å². The summed E-state index contributed by atoms with van der Waals surface area (Å²) in [5, 5.41) is 0. The summed E-state index contributed by atoms with van der Waals surface area (Å²) in [5.74, 6) is 0. The maximum absolute atomic E-state index is 13.0. The minimum atomic E-state index is -3.37. The normalized spacial score (nSPS) is 21.1. The average molecular weight is 295 g/mol. The van der Waals surface area contributed by atoms with Crippen LogP contribution in [0, 0.1) is 27.7 Å². The van der Waals surface area contributed by atoms with Gasteiger partial charge in [-0.1, -0.05) is 6.42 Å². The number of rotatable bonds is 2. The van der Waals surface area contributed by atoms with E-state index >= 15 is 0 Å². The van der Waals surface area contributed by atoms with Crippen molar-refractivity contribution < 1.29 is 8.42 Å². The standard InChI is InChI=1S/C16H25NO2S/c1-11-10-16(15(5)14(4)13(11)3)20(18,19)17-9-7-6-8-12(17)2/h10,12H,6-9H2,1-5H3/t12-/m1/s1. The second-order valence-corrected chi connectivity index (χ2v) is 7.89. The summed E-state index contributed by atoms with van der Waals surface area (Å²) in [6.45, 7) is 10.6. The lowest BCUT2D eigenvalue weighted by Gasteiger charge is -2.33. The molecule has 1 aliphatic rings. The van der Waals surface area contributed by atoms with Crippen molar-refractivity contribution in [3.05, 3.63) is 28.3 Å². The molecule has 1 aromatic rings. The van der Waals surface area contributed by atoms with Gasteiger partial charge in [-0.15, -0.1) is 0 Å². The van der Waals surface area contributed by atoms with Crippen molar-refractivity contribution in [2.45, 2.75) is 64.8 Å². The van der Waals surface area contributed by atoms with E-state index in [1.54, 1.807) is 4.31 Å². The lowest BCUT2D eigenvalue weighted by atomic mass is 10.00. The highest BCUT2D eigenvalue weighted by Gasteiger charge is 2.32. The molecule has 1 aliphatic heterocycles. The molecule has 0 bridgehead atoms. The van der Waals surface area contributed by atoms with Gasteiger partial charge in [-0.25, -0.2) is 8.42 Å². The van der Waals surface area contributed by atoms with E-state index in [2.05, 4.69) is 6.92 Å². The fraction of sp³-hybridized carbons (Fsp3) is 0.625. The van der Waals surface area contributed by atoms with Crippen LogP contribution in [0.15, 0.2) is 11.0 Å². The molecule has 112 valence electrons. The van der Waals surface area contributed by atoms with Gasteiger partial charge in [-0.2, -0.15) is 4.31 Å². The number of piperidine rings is 1. The van der Waals surface area contributed by atoms with E-state index in [4.69, 9.17) is 0 Å². The predicted octanol–water partition coefficient (Wildman–Crippen LogP) is 3.48. The van der Waals surface area contributed by atoms with Gasteiger partial charge < -0.3 is 0 Å². The molecule has 1 saturated heterocycles. The first kappa shape index (κ1) is 15.5. The number of hydrogen-bond donors (Lipinski definition) is 0. The molecule has 1 aromatic carbocycles. The maximum atomic E-state index is 13.0. The summed E-state index contributed by atoms with van der Waals surface area (Å²) < 4.78 is 27.6. The summed E-state index contributed by atoms with van der Waals surface area (Å²) in [6, 6.07) is 1.95. The van der Waals surface area contributed by atoms with Gasteiger partial charge in [-0.05, 0) is 75.8 Å². The lowest BCUT2D eigenvalue weighted by molar-refractivity contribution is 0.268. The SMILES string of the molecule is Cc1cc(S(=O)(=O)N2CCCC[C@H]2C)c(C)c(C)c1C. The highest BCUT2D eigenvalue weighted by molar-refractivity contribution is 7.89. The first-order valence-electron chi connectivity index (χ1n) is 7.36. The third-order valence-electron chi connectivity index (χ3n) is 4.76. The Bertz CT molecular complexity index is 620. The number of hydrogen-bond acceptors (Lipinski definition) is 2. The fourth-order valence-electron chi connectivity index (χ4n) is 3.00. The molecule has 1 fully saturated rings. The molecular formula is C16H25NO2S. The number of aryl methyl sites for hydroxylation is 1. The smallest absolute Gasteiger partial charge is 0.207 e. The average Bonchev–Trinajstić information content (AvgIpc) is 2.40. The summed E-state index contributed by atoms with van der Waals surface area (Å²) in [7, 11) is -3.37. The highest BCUT2D eigenvalue weighted by Crippen LogP contribution is 2.30. The Morgan fingerprint density at radius 3 is 2.30 bits per heavy atom. The van der Waals surface area contributed by atoms with Gasteiger partial charge in [0.25, 0.3) is 0 Å². The fourth-order valence-corrected chi connectivity index (χ4v) is 5.07. The van der Waals surface area contributed by atoms with Gasteiger partial charge in [-0.3, -0.25) is 0 Å². The van der Waals surface area contributed by atoms with Crippen LogP contribution in [-0.2, 0) is 10.0 Å². The van der Waals surface area contributed by atoms with Gasteiger partial charge in [0.2, 0.25) is 10.0 Å². The zero-order chi connectivity index (χ0) is 15.1. The molecule has 2 rings (SSSR count). The van der Waals surface area contributed by atoms with Crippen LogP contribution in [0.5, 0.6) is 0 Å². The van der Waals surface area contributed by atoms with Crippen LogP contribution in [0.1, 0.15) is 48.4 Å². The second kappa shape index (κ2) is 5.49. The van der Waals surface area contributed by atoms with Crippen LogP contribution in [0.25, 0.3) is 0 Å². The third kappa shape index (κ3) is 2.51. The molecule has 0 radical (unpaired) electrons. The maximum Gasteiger partial charge on any atom is 0.243 e. The summed E-state index contributed by atoms with van der Waals surface area (Å²) in [4.78, 5) is 0.492. The largest absolute Gasteiger partial charge is 0.243 e. The van der Waals surface area contributed by atoms with Crippen molar-refractivity contribution in [3.8, 4) is 0 Å². The molecule has 1 heterocycles. The Morgan fingerprint density at radius 1 is 1.05 bits per heavy atom. The molecular weight excluding hydrogens is 270 g/mol. The molecule has 0 aliphatic carbocycles. The Labute approximate surface area is 123 Å². The molecule has 1 atom stereocenters. The molecule has 0 amide bonds. The quantitative estimate of drug-likeness (QED) is 0.837. The Kier molecular flexibility index (Phi) is 4.26. The van der Waals surface area contributed by atoms with Gasteiger partial charge in [0.1, 0.15) is 0 Å². The molecule has 0 spiro atoms. The van der Waals surface area contributed by atoms with Crippen LogP contribution in [0.4, 0.5) is 0 Å². The lowest BCUT2D eigenvalue weighted by Crippen LogP contribution is -2.42. The Morgan fingerprint density at radius 2 is 1.70 bits per heavy atom. The number of sulfonamides is 1. The van der Waals surface area contributed by atoms with E-state index in [1.165, 1.54) is 5.56 Å². The van der Waals surface area contributed by atoms with E-state index in [0.29, 0.717) is 11.4 Å². The minimum Gasteiger partial charge on any atom is -0.207 e. The number of nitrogens with zero attached hydrogens (tertiary/aromatic N) is 1. The van der Waals surface area contributed by atoms with Gasteiger partial charge in [0.05, 0.1) is 4.90 Å². The van der Waals surface area contributed by atoms with Crippen molar-refractivity contribution in [2.75, 3.05) is 6.54 Å². The summed E-state index contributed by atoms with van der Waals surface area (Å²) >= 11 is 0. The Hall–Kier alpha value is -0.870. The first-order chi connectivity index (χ1) is 9.26. The Balaban J connectivity index is 2.55. The molecule has 0 unspecified atom stereocenters. The molecule has 0 aromatic heterocycles. The van der Waals surface area contributed by atoms with Crippen LogP contribution in [0.2, 0.25) is 0 Å². The van der Waals surface area contributed by atoms with Crippen molar-refractivity contribution in [1.29, 1.82) is 0 Å². The topological polar surface area (TPSA) is 37.4 Å².